The van der Waals surface area contributed by atoms with E-state index in [2.05, 4.69) is 20.9 Å². The van der Waals surface area contributed by atoms with Crippen LogP contribution in [0.3, 0.4) is 0 Å². The zero-order chi connectivity index (χ0) is 24.4. The van der Waals surface area contributed by atoms with Gasteiger partial charge in [-0.05, 0) is 73.9 Å². The van der Waals surface area contributed by atoms with Gasteiger partial charge in [-0.15, -0.1) is 0 Å². The number of aromatic nitrogens is 1. The van der Waals surface area contributed by atoms with Crippen molar-refractivity contribution in [2.75, 3.05) is 0 Å². The molecule has 0 radical (unpaired) electrons. The first-order valence-electron chi connectivity index (χ1n) is 11.0. The third-order valence-electron chi connectivity index (χ3n) is 5.61. The van der Waals surface area contributed by atoms with Crippen molar-refractivity contribution >= 4 is 33.4 Å². The van der Waals surface area contributed by atoms with Gasteiger partial charge in [0.05, 0.1) is 17.7 Å². The number of rotatable bonds is 6. The molecule has 1 aliphatic rings. The van der Waals surface area contributed by atoms with Gasteiger partial charge < -0.3 is 14.7 Å². The first kappa shape index (κ1) is 23.7. The molecule has 2 aromatic carbocycles. The quantitative estimate of drug-likeness (QED) is 0.261. The second kappa shape index (κ2) is 9.81. The number of carbonyl (C=O) groups excluding carboxylic acids is 2. The van der Waals surface area contributed by atoms with E-state index in [4.69, 9.17) is 4.74 Å². The van der Waals surface area contributed by atoms with E-state index in [1.54, 1.807) is 36.7 Å². The number of carbonyl (C=O) groups is 2. The number of aliphatic hydroxyl groups excluding tert-OH is 1. The van der Waals surface area contributed by atoms with Crippen molar-refractivity contribution in [2.45, 2.75) is 39.5 Å². The van der Waals surface area contributed by atoms with Crippen LogP contribution in [-0.4, -0.2) is 32.8 Å². The predicted molar refractivity (Wildman–Crippen MR) is 133 cm³/mol. The summed E-state index contributed by atoms with van der Waals surface area (Å²) in [7, 11) is 0. The lowest BCUT2D eigenvalue weighted by Gasteiger charge is -2.25. The number of aliphatic hydroxyl groups is 1. The van der Waals surface area contributed by atoms with Crippen molar-refractivity contribution in [3.05, 3.63) is 99.3 Å². The van der Waals surface area contributed by atoms with Crippen molar-refractivity contribution < 1.29 is 19.4 Å². The van der Waals surface area contributed by atoms with E-state index in [1.807, 2.05) is 51.1 Å². The van der Waals surface area contributed by atoms with Gasteiger partial charge in [-0.25, -0.2) is 0 Å². The number of ketones is 1. The molecule has 4 rings (SSSR count). The Morgan fingerprint density at radius 1 is 1.15 bits per heavy atom. The number of likely N-dealkylation sites (tertiary alicyclic amines) is 1. The Hall–Kier alpha value is -3.45. The zero-order valence-electron chi connectivity index (χ0n) is 19.2. The minimum atomic E-state index is -0.736. The van der Waals surface area contributed by atoms with Crippen LogP contribution >= 0.6 is 15.9 Å². The zero-order valence-corrected chi connectivity index (χ0v) is 20.7. The van der Waals surface area contributed by atoms with E-state index in [0.29, 0.717) is 11.3 Å². The van der Waals surface area contributed by atoms with E-state index >= 15 is 0 Å². The van der Waals surface area contributed by atoms with Crippen LogP contribution in [0.1, 0.15) is 42.1 Å². The number of benzene rings is 2. The Kier molecular flexibility index (Phi) is 6.84. The maximum atomic E-state index is 13.2. The Balaban J connectivity index is 1.82. The van der Waals surface area contributed by atoms with Crippen molar-refractivity contribution in [3.63, 3.8) is 0 Å². The van der Waals surface area contributed by atoms with Gasteiger partial charge in [0, 0.05) is 29.0 Å². The molecule has 2 heterocycles. The van der Waals surface area contributed by atoms with Crippen molar-refractivity contribution in [1.29, 1.82) is 0 Å². The molecule has 0 bridgehead atoms. The predicted octanol–water partition coefficient (Wildman–Crippen LogP) is 5.56. The summed E-state index contributed by atoms with van der Waals surface area (Å²) in [6.07, 6.45) is 3.32. The number of halogens is 1. The molecule has 3 aromatic rings. The van der Waals surface area contributed by atoms with Gasteiger partial charge in [-0.3, -0.25) is 14.6 Å². The summed E-state index contributed by atoms with van der Waals surface area (Å²) in [5, 5.41) is 11.3. The average molecular weight is 521 g/mol. The molecule has 1 N–H and O–H groups in total. The number of hydrogen-bond acceptors (Lipinski definition) is 5. The minimum Gasteiger partial charge on any atom is -0.507 e. The smallest absolute Gasteiger partial charge is 0.295 e. The Morgan fingerprint density at radius 2 is 1.88 bits per heavy atom. The van der Waals surface area contributed by atoms with E-state index in [0.717, 1.165) is 21.2 Å². The van der Waals surface area contributed by atoms with Crippen LogP contribution in [0.5, 0.6) is 5.75 Å². The highest BCUT2D eigenvalue weighted by Gasteiger charge is 2.46. The molecule has 0 unspecified atom stereocenters. The van der Waals surface area contributed by atoms with Crippen LogP contribution < -0.4 is 4.74 Å². The minimum absolute atomic E-state index is 0.00773. The lowest BCUT2D eigenvalue weighted by atomic mass is 9.94. The van der Waals surface area contributed by atoms with E-state index in [-0.39, 0.29) is 24.0 Å². The van der Waals surface area contributed by atoms with Gasteiger partial charge in [-0.2, -0.15) is 0 Å². The van der Waals surface area contributed by atoms with Gasteiger partial charge >= 0.3 is 0 Å². The molecule has 34 heavy (non-hydrogen) atoms. The summed E-state index contributed by atoms with van der Waals surface area (Å²) in [6, 6.07) is 15.5. The third kappa shape index (κ3) is 4.75. The molecule has 1 saturated heterocycles. The van der Waals surface area contributed by atoms with Crippen LogP contribution in [0, 0.1) is 6.92 Å². The molecule has 0 spiro atoms. The fourth-order valence-electron chi connectivity index (χ4n) is 4.06. The fraction of sp³-hybridized carbons (Fsp3) is 0.222. The summed E-state index contributed by atoms with van der Waals surface area (Å²) in [5.74, 6) is -0.878. The second-order valence-corrected chi connectivity index (χ2v) is 9.40. The van der Waals surface area contributed by atoms with Crippen molar-refractivity contribution in [2.24, 2.45) is 0 Å². The topological polar surface area (TPSA) is 79.7 Å². The first-order chi connectivity index (χ1) is 16.3. The van der Waals surface area contributed by atoms with E-state index in [9.17, 15) is 14.7 Å². The van der Waals surface area contributed by atoms with Gasteiger partial charge in [0.2, 0.25) is 0 Å². The number of amides is 1. The van der Waals surface area contributed by atoms with E-state index in [1.165, 1.54) is 4.90 Å². The normalized spacial score (nSPS) is 17.4. The van der Waals surface area contributed by atoms with E-state index < -0.39 is 17.7 Å². The summed E-state index contributed by atoms with van der Waals surface area (Å²) >= 11 is 3.43. The molecule has 174 valence electrons. The summed E-state index contributed by atoms with van der Waals surface area (Å²) < 4.78 is 6.66. The van der Waals surface area contributed by atoms with Crippen LogP contribution in [0.15, 0.2) is 77.0 Å². The monoisotopic (exact) mass is 520 g/mol. The molecule has 1 amide bonds. The number of ether oxygens (including phenoxy) is 1. The highest BCUT2D eigenvalue weighted by atomic mass is 79.9. The lowest BCUT2D eigenvalue weighted by molar-refractivity contribution is -0.140. The average Bonchev–Trinajstić information content (AvgIpc) is 3.06. The SMILES string of the molecule is Cc1cc(/C(O)=C2\C(=O)C(=O)N(Cc3cccnc3)[C@@H]2c2ccc(Br)cc2)ccc1OC(C)C. The Bertz CT molecular complexity index is 1250. The summed E-state index contributed by atoms with van der Waals surface area (Å²) in [5.41, 5.74) is 2.85. The third-order valence-corrected chi connectivity index (χ3v) is 6.14. The molecular formula is C27H25BrN2O4. The molecule has 1 aromatic heterocycles. The van der Waals surface area contributed by atoms with Crippen LogP contribution in [-0.2, 0) is 16.1 Å². The maximum Gasteiger partial charge on any atom is 0.295 e. The molecule has 7 heteroatoms. The summed E-state index contributed by atoms with van der Waals surface area (Å²) in [6.45, 7) is 5.95. The van der Waals surface area contributed by atoms with Gasteiger partial charge in [0.1, 0.15) is 11.5 Å². The Morgan fingerprint density at radius 3 is 2.50 bits per heavy atom. The molecule has 0 saturated carbocycles. The standard InChI is InChI=1S/C27H25BrN2O4/c1-16(2)34-22-11-8-20(13-17(22)3)25(31)23-24(19-6-9-21(28)10-7-19)30(27(33)26(23)32)15-18-5-4-12-29-14-18/h4-14,16,24,31H,15H2,1-3H3/b25-23+/t24-/m1/s1. The highest BCUT2D eigenvalue weighted by Crippen LogP contribution is 2.41. The van der Waals surface area contributed by atoms with Crippen LogP contribution in [0.4, 0.5) is 0 Å². The lowest BCUT2D eigenvalue weighted by Crippen LogP contribution is -2.29. The van der Waals surface area contributed by atoms with Gasteiger partial charge in [0.15, 0.2) is 0 Å². The van der Waals surface area contributed by atoms with Crippen LogP contribution in [0.2, 0.25) is 0 Å². The molecular weight excluding hydrogens is 496 g/mol. The van der Waals surface area contributed by atoms with Gasteiger partial charge in [0.25, 0.3) is 11.7 Å². The van der Waals surface area contributed by atoms with Crippen LogP contribution in [0.25, 0.3) is 5.76 Å². The molecule has 1 fully saturated rings. The van der Waals surface area contributed by atoms with Crippen molar-refractivity contribution in [1.82, 2.24) is 9.88 Å². The van der Waals surface area contributed by atoms with Gasteiger partial charge in [-0.1, -0.05) is 34.1 Å². The fourth-order valence-corrected chi connectivity index (χ4v) is 4.33. The number of Topliss-reactive ketones (excluding diaryl/α,β-unsaturated/α-hetero) is 1. The number of hydrogen-bond donors (Lipinski definition) is 1. The van der Waals surface area contributed by atoms with Crippen molar-refractivity contribution in [3.8, 4) is 5.75 Å². The highest BCUT2D eigenvalue weighted by molar-refractivity contribution is 9.10. The molecule has 1 atom stereocenters. The molecule has 6 nitrogen and oxygen atoms in total. The number of aryl methyl sites for hydroxylation is 1. The first-order valence-corrected chi connectivity index (χ1v) is 11.8. The number of pyridine rings is 1. The largest absolute Gasteiger partial charge is 0.507 e. The number of nitrogens with zero attached hydrogens (tertiary/aromatic N) is 2. The summed E-state index contributed by atoms with van der Waals surface area (Å²) in [4.78, 5) is 31.9. The second-order valence-electron chi connectivity index (χ2n) is 8.49. The maximum absolute atomic E-state index is 13.2. The molecule has 1 aliphatic heterocycles. The Labute approximate surface area is 207 Å². The molecule has 0 aliphatic carbocycles.